The molecule has 0 unspecified atom stereocenters. The SMILES string of the molecule is COC(=O)c1cc(S(=O)(=O)N[C@H](c2ccccc2)c2cccc(C)c2)ccc1C. The lowest BCUT2D eigenvalue weighted by Crippen LogP contribution is -2.29. The topological polar surface area (TPSA) is 72.5 Å². The van der Waals surface area contributed by atoms with Gasteiger partial charge in [0.1, 0.15) is 0 Å². The molecule has 3 rings (SSSR count). The Morgan fingerprint density at radius 1 is 0.897 bits per heavy atom. The predicted octanol–water partition coefficient (Wildman–Crippen LogP) is 4.16. The van der Waals surface area contributed by atoms with Gasteiger partial charge in [0.05, 0.1) is 23.6 Å². The van der Waals surface area contributed by atoms with E-state index >= 15 is 0 Å². The molecule has 0 bridgehead atoms. The summed E-state index contributed by atoms with van der Waals surface area (Å²) in [6.07, 6.45) is 0. The van der Waals surface area contributed by atoms with Crippen LogP contribution in [0.25, 0.3) is 0 Å². The zero-order chi connectivity index (χ0) is 21.0. The predicted molar refractivity (Wildman–Crippen MR) is 112 cm³/mol. The fraction of sp³-hybridized carbons (Fsp3) is 0.174. The van der Waals surface area contributed by atoms with Crippen LogP contribution in [-0.2, 0) is 14.8 Å². The molecule has 0 aliphatic carbocycles. The monoisotopic (exact) mass is 409 g/mol. The number of methoxy groups -OCH3 is 1. The minimum absolute atomic E-state index is 0.0112. The van der Waals surface area contributed by atoms with Gasteiger partial charge in [-0.3, -0.25) is 0 Å². The van der Waals surface area contributed by atoms with Crippen LogP contribution in [0.15, 0.2) is 77.7 Å². The van der Waals surface area contributed by atoms with E-state index in [9.17, 15) is 13.2 Å². The minimum atomic E-state index is -3.91. The van der Waals surface area contributed by atoms with Gasteiger partial charge in [0.15, 0.2) is 0 Å². The molecule has 0 aliphatic heterocycles. The third kappa shape index (κ3) is 4.72. The molecule has 0 saturated heterocycles. The largest absolute Gasteiger partial charge is 0.465 e. The highest BCUT2D eigenvalue weighted by Crippen LogP contribution is 2.26. The summed E-state index contributed by atoms with van der Waals surface area (Å²) in [5, 5.41) is 0. The molecule has 0 radical (unpaired) electrons. The number of esters is 1. The number of aryl methyl sites for hydroxylation is 2. The van der Waals surface area contributed by atoms with Gasteiger partial charge >= 0.3 is 5.97 Å². The van der Waals surface area contributed by atoms with E-state index in [4.69, 9.17) is 4.74 Å². The summed E-state index contributed by atoms with van der Waals surface area (Å²) in [6.45, 7) is 3.69. The number of benzene rings is 3. The third-order valence-corrected chi connectivity index (χ3v) is 6.13. The van der Waals surface area contributed by atoms with E-state index in [2.05, 4.69) is 4.72 Å². The van der Waals surface area contributed by atoms with Gasteiger partial charge in [-0.05, 0) is 42.7 Å². The number of hydrogen-bond acceptors (Lipinski definition) is 4. The lowest BCUT2D eigenvalue weighted by Gasteiger charge is -2.21. The molecule has 1 atom stereocenters. The third-order valence-electron chi connectivity index (χ3n) is 4.71. The molecule has 150 valence electrons. The van der Waals surface area contributed by atoms with Crippen molar-refractivity contribution in [3.63, 3.8) is 0 Å². The first-order valence-electron chi connectivity index (χ1n) is 9.14. The first-order valence-corrected chi connectivity index (χ1v) is 10.6. The lowest BCUT2D eigenvalue weighted by atomic mass is 9.98. The molecule has 0 aliphatic rings. The van der Waals surface area contributed by atoms with Crippen LogP contribution in [0.4, 0.5) is 0 Å². The van der Waals surface area contributed by atoms with E-state index in [1.54, 1.807) is 13.0 Å². The highest BCUT2D eigenvalue weighted by atomic mass is 32.2. The molecule has 29 heavy (non-hydrogen) atoms. The van der Waals surface area contributed by atoms with Gasteiger partial charge in [-0.2, -0.15) is 4.72 Å². The quantitative estimate of drug-likeness (QED) is 0.621. The van der Waals surface area contributed by atoms with Gasteiger partial charge in [-0.15, -0.1) is 0 Å². The van der Waals surface area contributed by atoms with Crippen LogP contribution in [0.1, 0.15) is 38.7 Å². The maximum atomic E-state index is 13.2. The van der Waals surface area contributed by atoms with Gasteiger partial charge in [0.25, 0.3) is 0 Å². The average molecular weight is 410 g/mol. The van der Waals surface area contributed by atoms with Crippen LogP contribution in [-0.4, -0.2) is 21.5 Å². The molecule has 0 spiro atoms. The van der Waals surface area contributed by atoms with Crippen LogP contribution >= 0.6 is 0 Å². The standard InChI is InChI=1S/C23H23NO4S/c1-16-8-7-11-19(14-16)22(18-9-5-4-6-10-18)24-29(26,27)20-13-12-17(2)21(15-20)23(25)28-3/h4-15,22,24H,1-3H3/t22-/m1/s1. The molecule has 6 heteroatoms. The summed E-state index contributed by atoms with van der Waals surface area (Å²) < 4.78 is 33.9. The van der Waals surface area contributed by atoms with E-state index in [0.29, 0.717) is 5.56 Å². The molecular weight excluding hydrogens is 386 g/mol. The molecule has 5 nitrogen and oxygen atoms in total. The Labute approximate surface area is 171 Å². The average Bonchev–Trinajstić information content (AvgIpc) is 2.72. The van der Waals surface area contributed by atoms with Crippen molar-refractivity contribution in [2.75, 3.05) is 7.11 Å². The fourth-order valence-electron chi connectivity index (χ4n) is 3.15. The molecule has 0 heterocycles. The first-order chi connectivity index (χ1) is 13.8. The van der Waals surface area contributed by atoms with E-state index < -0.39 is 22.0 Å². The second-order valence-electron chi connectivity index (χ2n) is 6.85. The Morgan fingerprint density at radius 3 is 2.24 bits per heavy atom. The van der Waals surface area contributed by atoms with E-state index in [0.717, 1.165) is 16.7 Å². The van der Waals surface area contributed by atoms with Crippen LogP contribution in [0, 0.1) is 13.8 Å². The van der Waals surface area contributed by atoms with Gasteiger partial charge in [0, 0.05) is 0 Å². The molecule has 3 aromatic carbocycles. The van der Waals surface area contributed by atoms with Gasteiger partial charge < -0.3 is 4.74 Å². The molecule has 0 fully saturated rings. The number of carbonyl (C=O) groups is 1. The number of ether oxygens (including phenoxy) is 1. The maximum absolute atomic E-state index is 13.2. The van der Waals surface area contributed by atoms with Crippen molar-refractivity contribution in [2.45, 2.75) is 24.8 Å². The van der Waals surface area contributed by atoms with Crippen molar-refractivity contribution in [2.24, 2.45) is 0 Å². The van der Waals surface area contributed by atoms with Crippen LogP contribution < -0.4 is 4.72 Å². The van der Waals surface area contributed by atoms with Crippen LogP contribution in [0.3, 0.4) is 0 Å². The summed E-state index contributed by atoms with van der Waals surface area (Å²) in [5.41, 5.74) is 3.56. The molecule has 3 aromatic rings. The van der Waals surface area contributed by atoms with Crippen molar-refractivity contribution in [1.82, 2.24) is 4.72 Å². The second kappa shape index (κ2) is 8.59. The van der Waals surface area contributed by atoms with Crippen molar-refractivity contribution in [3.8, 4) is 0 Å². The lowest BCUT2D eigenvalue weighted by molar-refractivity contribution is 0.0599. The first kappa shape index (κ1) is 20.8. The fourth-order valence-corrected chi connectivity index (χ4v) is 4.38. The highest BCUT2D eigenvalue weighted by molar-refractivity contribution is 7.89. The van der Waals surface area contributed by atoms with Crippen molar-refractivity contribution in [3.05, 3.63) is 101 Å². The number of sulfonamides is 1. The number of carbonyl (C=O) groups excluding carboxylic acids is 1. The van der Waals surface area contributed by atoms with Crippen molar-refractivity contribution < 1.29 is 17.9 Å². The maximum Gasteiger partial charge on any atom is 0.338 e. The summed E-state index contributed by atoms with van der Waals surface area (Å²) in [7, 11) is -2.64. The molecule has 0 aromatic heterocycles. The van der Waals surface area contributed by atoms with Gasteiger partial charge in [-0.1, -0.05) is 66.2 Å². The summed E-state index contributed by atoms with van der Waals surface area (Å²) in [6, 6.07) is 21.0. The molecule has 0 amide bonds. The summed E-state index contributed by atoms with van der Waals surface area (Å²) in [4.78, 5) is 12.0. The normalized spacial score (nSPS) is 12.4. The van der Waals surface area contributed by atoms with Crippen LogP contribution in [0.5, 0.6) is 0 Å². The Bertz CT molecular complexity index is 1120. The Balaban J connectivity index is 2.04. The zero-order valence-electron chi connectivity index (χ0n) is 16.5. The second-order valence-corrected chi connectivity index (χ2v) is 8.56. The summed E-state index contributed by atoms with van der Waals surface area (Å²) >= 11 is 0. The Kier molecular flexibility index (Phi) is 6.15. The molecular formula is C23H23NO4S. The Morgan fingerprint density at radius 2 is 1.59 bits per heavy atom. The van der Waals surface area contributed by atoms with Crippen molar-refractivity contribution in [1.29, 1.82) is 0 Å². The number of nitrogens with one attached hydrogen (secondary N) is 1. The number of rotatable bonds is 6. The van der Waals surface area contributed by atoms with Gasteiger partial charge in [0.2, 0.25) is 10.0 Å². The zero-order valence-corrected chi connectivity index (χ0v) is 17.4. The van der Waals surface area contributed by atoms with E-state index in [1.807, 2.05) is 61.5 Å². The highest BCUT2D eigenvalue weighted by Gasteiger charge is 2.24. The molecule has 0 saturated carbocycles. The smallest absolute Gasteiger partial charge is 0.338 e. The van der Waals surface area contributed by atoms with Crippen molar-refractivity contribution >= 4 is 16.0 Å². The number of hydrogen-bond donors (Lipinski definition) is 1. The van der Waals surface area contributed by atoms with Gasteiger partial charge in [-0.25, -0.2) is 13.2 Å². The Hall–Kier alpha value is -2.96. The summed E-state index contributed by atoms with van der Waals surface area (Å²) in [5.74, 6) is -0.571. The molecule has 1 N–H and O–H groups in total. The minimum Gasteiger partial charge on any atom is -0.465 e. The van der Waals surface area contributed by atoms with E-state index in [-0.39, 0.29) is 10.5 Å². The van der Waals surface area contributed by atoms with E-state index in [1.165, 1.54) is 19.2 Å². The van der Waals surface area contributed by atoms with Crippen LogP contribution in [0.2, 0.25) is 0 Å².